The van der Waals surface area contributed by atoms with Gasteiger partial charge < -0.3 is 5.32 Å². The number of nitrogens with zero attached hydrogens (tertiary/aromatic N) is 2. The Hall–Kier alpha value is -1.68. The fraction of sp³-hybridized carbons (Fsp3) is 0.0909. The quantitative estimate of drug-likeness (QED) is 0.815. The lowest BCUT2D eigenvalue weighted by Crippen LogP contribution is -1.96. The third-order valence-electron chi connectivity index (χ3n) is 2.02. The maximum Gasteiger partial charge on any atom is 0.146 e. The molecule has 1 heterocycles. The lowest BCUT2D eigenvalue weighted by molar-refractivity contribution is 0.630. The number of anilines is 2. The van der Waals surface area contributed by atoms with Gasteiger partial charge in [0.2, 0.25) is 0 Å². The number of aromatic nitrogens is 2. The molecule has 1 aromatic carbocycles. The van der Waals surface area contributed by atoms with Crippen molar-refractivity contribution in [2.24, 2.45) is 0 Å². The highest BCUT2D eigenvalue weighted by atomic mass is 35.5. The molecule has 82 valence electrons. The number of halogens is 2. The highest BCUT2D eigenvalue weighted by Gasteiger charge is 2.03. The second-order valence-corrected chi connectivity index (χ2v) is 3.72. The summed E-state index contributed by atoms with van der Waals surface area (Å²) in [5.41, 5.74) is 1.23. The minimum atomic E-state index is -0.324. The largest absolute Gasteiger partial charge is 0.338 e. The zero-order valence-electron chi connectivity index (χ0n) is 8.54. The van der Waals surface area contributed by atoms with Gasteiger partial charge in [-0.15, -0.1) is 0 Å². The molecule has 0 fully saturated rings. The van der Waals surface area contributed by atoms with Gasteiger partial charge in [0.05, 0.1) is 5.69 Å². The Bertz CT molecular complexity index is 516. The first-order valence-corrected chi connectivity index (χ1v) is 5.03. The third kappa shape index (κ3) is 2.46. The number of hydrogen-bond acceptors (Lipinski definition) is 3. The number of aryl methyl sites for hydroxylation is 1. The van der Waals surface area contributed by atoms with Crippen LogP contribution in [0.15, 0.2) is 30.6 Å². The Morgan fingerprint density at radius 2 is 2.06 bits per heavy atom. The molecule has 0 aliphatic heterocycles. The summed E-state index contributed by atoms with van der Waals surface area (Å²) in [6.45, 7) is 1.83. The Morgan fingerprint density at radius 3 is 2.75 bits per heavy atom. The van der Waals surface area contributed by atoms with Crippen LogP contribution in [0.25, 0.3) is 0 Å². The molecule has 0 unspecified atom stereocenters. The van der Waals surface area contributed by atoms with E-state index in [0.29, 0.717) is 16.7 Å². The van der Waals surface area contributed by atoms with Crippen LogP contribution in [0.2, 0.25) is 5.15 Å². The van der Waals surface area contributed by atoms with Crippen LogP contribution in [0.3, 0.4) is 0 Å². The fourth-order valence-electron chi connectivity index (χ4n) is 1.26. The molecule has 0 amide bonds. The van der Waals surface area contributed by atoms with Crippen LogP contribution in [0, 0.1) is 12.7 Å². The van der Waals surface area contributed by atoms with E-state index in [-0.39, 0.29) is 5.82 Å². The summed E-state index contributed by atoms with van der Waals surface area (Å²) in [5.74, 6) is 0.137. The van der Waals surface area contributed by atoms with Crippen molar-refractivity contribution >= 4 is 23.1 Å². The Kier molecular flexibility index (Phi) is 3.01. The molecular weight excluding hydrogens is 229 g/mol. The summed E-state index contributed by atoms with van der Waals surface area (Å²) in [5, 5.41) is 3.14. The minimum absolute atomic E-state index is 0.310. The normalized spacial score (nSPS) is 10.2. The van der Waals surface area contributed by atoms with Crippen LogP contribution >= 0.6 is 11.6 Å². The zero-order valence-corrected chi connectivity index (χ0v) is 9.29. The van der Waals surface area contributed by atoms with Gasteiger partial charge in [0.1, 0.15) is 23.1 Å². The van der Waals surface area contributed by atoms with Gasteiger partial charge in [-0.05, 0) is 24.6 Å². The number of nitrogens with one attached hydrogen (secondary N) is 1. The lowest BCUT2D eigenvalue weighted by Gasteiger charge is -2.06. The summed E-state index contributed by atoms with van der Waals surface area (Å²) < 4.78 is 13.5. The maximum atomic E-state index is 13.5. The third-order valence-corrected chi connectivity index (χ3v) is 2.23. The van der Waals surface area contributed by atoms with Crippen molar-refractivity contribution in [2.75, 3.05) is 5.32 Å². The molecule has 5 heteroatoms. The summed E-state index contributed by atoms with van der Waals surface area (Å²) in [6.07, 6.45) is 1.32. The van der Waals surface area contributed by atoms with E-state index >= 15 is 0 Å². The van der Waals surface area contributed by atoms with Gasteiger partial charge in [-0.3, -0.25) is 0 Å². The van der Waals surface area contributed by atoms with Gasteiger partial charge in [0.25, 0.3) is 0 Å². The summed E-state index contributed by atoms with van der Waals surface area (Å²) in [4.78, 5) is 7.66. The summed E-state index contributed by atoms with van der Waals surface area (Å²) in [7, 11) is 0. The molecule has 0 spiro atoms. The van der Waals surface area contributed by atoms with Crippen molar-refractivity contribution in [3.05, 3.63) is 47.1 Å². The Morgan fingerprint density at radius 1 is 1.25 bits per heavy atom. The average Bonchev–Trinajstić information content (AvgIpc) is 2.22. The van der Waals surface area contributed by atoms with Crippen LogP contribution in [0.1, 0.15) is 5.56 Å². The first-order valence-electron chi connectivity index (χ1n) is 4.66. The molecule has 3 nitrogen and oxygen atoms in total. The van der Waals surface area contributed by atoms with Crippen LogP contribution < -0.4 is 5.32 Å². The predicted octanol–water partition coefficient (Wildman–Crippen LogP) is 3.32. The van der Waals surface area contributed by atoms with Crippen LogP contribution in [-0.2, 0) is 0 Å². The second kappa shape index (κ2) is 4.45. The van der Waals surface area contributed by atoms with Crippen molar-refractivity contribution in [1.82, 2.24) is 9.97 Å². The van der Waals surface area contributed by atoms with Crippen molar-refractivity contribution < 1.29 is 4.39 Å². The van der Waals surface area contributed by atoms with E-state index < -0.39 is 0 Å². The Labute approximate surface area is 97.3 Å². The van der Waals surface area contributed by atoms with Gasteiger partial charge in [0.15, 0.2) is 0 Å². The van der Waals surface area contributed by atoms with Crippen LogP contribution in [0.4, 0.5) is 15.9 Å². The summed E-state index contributed by atoms with van der Waals surface area (Å²) in [6, 6.07) is 6.45. The lowest BCUT2D eigenvalue weighted by atomic mass is 10.2. The number of hydrogen-bond donors (Lipinski definition) is 1. The Balaban J connectivity index is 2.27. The van der Waals surface area contributed by atoms with Crippen molar-refractivity contribution in [1.29, 1.82) is 0 Å². The molecule has 2 rings (SSSR count). The zero-order chi connectivity index (χ0) is 11.5. The van der Waals surface area contributed by atoms with Gasteiger partial charge in [0, 0.05) is 6.07 Å². The first kappa shape index (κ1) is 10.8. The smallest absolute Gasteiger partial charge is 0.146 e. The van der Waals surface area contributed by atoms with Gasteiger partial charge in [-0.1, -0.05) is 17.7 Å². The van der Waals surface area contributed by atoms with Gasteiger partial charge in [-0.2, -0.15) is 0 Å². The standard InChI is InChI=1S/C11H9ClFN3/c1-7-2-3-9(8(13)4-7)16-11-5-10(12)14-6-15-11/h2-6H,1H3,(H,14,15,16). The molecule has 16 heavy (non-hydrogen) atoms. The van der Waals surface area contributed by atoms with E-state index in [4.69, 9.17) is 11.6 Å². The minimum Gasteiger partial charge on any atom is -0.338 e. The van der Waals surface area contributed by atoms with Crippen LogP contribution in [-0.4, -0.2) is 9.97 Å². The van der Waals surface area contributed by atoms with Crippen molar-refractivity contribution in [3.8, 4) is 0 Å². The predicted molar refractivity (Wildman–Crippen MR) is 61.5 cm³/mol. The molecule has 0 saturated heterocycles. The van der Waals surface area contributed by atoms with Crippen molar-refractivity contribution in [3.63, 3.8) is 0 Å². The van der Waals surface area contributed by atoms with Crippen LogP contribution in [0.5, 0.6) is 0 Å². The first-order chi connectivity index (χ1) is 7.65. The SMILES string of the molecule is Cc1ccc(Nc2cc(Cl)ncn2)c(F)c1. The molecule has 1 aromatic heterocycles. The molecule has 1 N–H and O–H groups in total. The molecule has 0 radical (unpaired) electrons. The molecule has 0 saturated carbocycles. The summed E-state index contributed by atoms with van der Waals surface area (Å²) >= 11 is 5.69. The molecule has 2 aromatic rings. The van der Waals surface area contributed by atoms with E-state index in [1.165, 1.54) is 18.5 Å². The fourth-order valence-corrected chi connectivity index (χ4v) is 1.41. The molecule has 0 aliphatic rings. The van der Waals surface area contributed by atoms with E-state index in [2.05, 4.69) is 15.3 Å². The number of benzene rings is 1. The van der Waals surface area contributed by atoms with Gasteiger partial charge in [-0.25, -0.2) is 14.4 Å². The van der Waals surface area contributed by atoms with E-state index in [1.807, 2.05) is 13.0 Å². The molecule has 0 aliphatic carbocycles. The highest BCUT2D eigenvalue weighted by molar-refractivity contribution is 6.29. The highest BCUT2D eigenvalue weighted by Crippen LogP contribution is 2.20. The van der Waals surface area contributed by atoms with E-state index in [0.717, 1.165) is 5.56 Å². The molecular formula is C11H9ClFN3. The van der Waals surface area contributed by atoms with E-state index in [9.17, 15) is 4.39 Å². The second-order valence-electron chi connectivity index (χ2n) is 3.33. The topological polar surface area (TPSA) is 37.8 Å². The van der Waals surface area contributed by atoms with E-state index in [1.54, 1.807) is 6.07 Å². The maximum absolute atomic E-state index is 13.5. The average molecular weight is 238 g/mol. The monoisotopic (exact) mass is 237 g/mol. The molecule has 0 bridgehead atoms. The van der Waals surface area contributed by atoms with Crippen molar-refractivity contribution in [2.45, 2.75) is 6.92 Å². The van der Waals surface area contributed by atoms with Gasteiger partial charge >= 0.3 is 0 Å². The molecule has 0 atom stereocenters. The number of rotatable bonds is 2.